The molecule has 124 valence electrons. The van der Waals surface area contributed by atoms with Gasteiger partial charge in [0.25, 0.3) is 0 Å². The SMILES string of the molecule is C=C(C)CNC(=NCc1ncc(CC)s1)NCCc1ccco1. The number of nitrogens with one attached hydrogen (secondary N) is 2. The first kappa shape index (κ1) is 17.3. The second-order valence-corrected chi connectivity index (χ2v) is 6.51. The van der Waals surface area contributed by atoms with Crippen LogP contribution in [0.15, 0.2) is 46.2 Å². The Morgan fingerprint density at radius 3 is 2.96 bits per heavy atom. The highest BCUT2D eigenvalue weighted by molar-refractivity contribution is 7.11. The molecule has 0 saturated carbocycles. The summed E-state index contributed by atoms with van der Waals surface area (Å²) in [6.45, 7) is 10.1. The van der Waals surface area contributed by atoms with Gasteiger partial charge in [-0.2, -0.15) is 0 Å². The first-order valence-electron chi connectivity index (χ1n) is 7.80. The molecule has 0 aliphatic heterocycles. The van der Waals surface area contributed by atoms with Gasteiger partial charge in [-0.05, 0) is 25.5 Å². The Bertz CT molecular complexity index is 631. The molecule has 0 aliphatic rings. The third-order valence-corrected chi connectivity index (χ3v) is 4.25. The number of aryl methyl sites for hydroxylation is 1. The third kappa shape index (κ3) is 6.28. The summed E-state index contributed by atoms with van der Waals surface area (Å²) in [6.07, 6.45) is 5.46. The highest BCUT2D eigenvalue weighted by atomic mass is 32.1. The molecule has 2 rings (SSSR count). The molecular weight excluding hydrogens is 308 g/mol. The van der Waals surface area contributed by atoms with E-state index in [1.54, 1.807) is 17.6 Å². The molecule has 0 saturated heterocycles. The Hall–Kier alpha value is -2.08. The molecule has 0 spiro atoms. The smallest absolute Gasteiger partial charge is 0.191 e. The van der Waals surface area contributed by atoms with Crippen molar-refractivity contribution in [1.29, 1.82) is 0 Å². The van der Waals surface area contributed by atoms with Crippen molar-refractivity contribution in [1.82, 2.24) is 15.6 Å². The summed E-state index contributed by atoms with van der Waals surface area (Å²) in [6, 6.07) is 3.87. The van der Waals surface area contributed by atoms with Gasteiger partial charge in [-0.3, -0.25) is 0 Å². The van der Waals surface area contributed by atoms with Crippen molar-refractivity contribution in [2.75, 3.05) is 13.1 Å². The van der Waals surface area contributed by atoms with E-state index in [2.05, 4.69) is 34.1 Å². The summed E-state index contributed by atoms with van der Waals surface area (Å²) in [5.41, 5.74) is 1.06. The van der Waals surface area contributed by atoms with Crippen LogP contribution in [-0.2, 0) is 19.4 Å². The summed E-state index contributed by atoms with van der Waals surface area (Å²) >= 11 is 1.71. The minimum atomic E-state index is 0.580. The Kier molecular flexibility index (Phi) is 6.87. The number of aliphatic imine (C=N–C) groups is 1. The first-order chi connectivity index (χ1) is 11.2. The quantitative estimate of drug-likeness (QED) is 0.443. The molecule has 2 aromatic heterocycles. The molecule has 0 atom stereocenters. The van der Waals surface area contributed by atoms with Crippen molar-refractivity contribution in [3.05, 3.63) is 52.4 Å². The molecule has 5 nitrogen and oxygen atoms in total. The molecule has 0 amide bonds. The van der Waals surface area contributed by atoms with Gasteiger partial charge in [0, 0.05) is 30.6 Å². The molecule has 0 aliphatic carbocycles. The van der Waals surface area contributed by atoms with Gasteiger partial charge in [0.2, 0.25) is 0 Å². The van der Waals surface area contributed by atoms with Gasteiger partial charge >= 0.3 is 0 Å². The molecule has 2 heterocycles. The minimum Gasteiger partial charge on any atom is -0.469 e. The lowest BCUT2D eigenvalue weighted by atomic mass is 10.3. The molecule has 23 heavy (non-hydrogen) atoms. The second kappa shape index (κ2) is 9.15. The monoisotopic (exact) mass is 332 g/mol. The summed E-state index contributed by atoms with van der Waals surface area (Å²) in [4.78, 5) is 10.3. The minimum absolute atomic E-state index is 0.580. The largest absolute Gasteiger partial charge is 0.469 e. The summed E-state index contributed by atoms with van der Waals surface area (Å²) in [5.74, 6) is 1.73. The van der Waals surface area contributed by atoms with E-state index in [9.17, 15) is 0 Å². The van der Waals surface area contributed by atoms with Gasteiger partial charge in [0.05, 0.1) is 12.8 Å². The van der Waals surface area contributed by atoms with Crippen LogP contribution in [0.25, 0.3) is 0 Å². The molecular formula is C17H24N4OS. The molecule has 0 radical (unpaired) electrons. The predicted octanol–water partition coefficient (Wildman–Crippen LogP) is 3.15. The van der Waals surface area contributed by atoms with Crippen molar-refractivity contribution in [2.45, 2.75) is 33.2 Å². The van der Waals surface area contributed by atoms with Crippen LogP contribution in [0.3, 0.4) is 0 Å². The highest BCUT2D eigenvalue weighted by Gasteiger charge is 2.03. The van der Waals surface area contributed by atoms with Crippen molar-refractivity contribution in [3.8, 4) is 0 Å². The van der Waals surface area contributed by atoms with Crippen LogP contribution in [-0.4, -0.2) is 24.0 Å². The molecule has 2 N–H and O–H groups in total. The topological polar surface area (TPSA) is 62.5 Å². The van der Waals surface area contributed by atoms with Crippen LogP contribution in [0.4, 0.5) is 0 Å². The number of aromatic nitrogens is 1. The normalized spacial score (nSPS) is 11.5. The Balaban J connectivity index is 1.88. The highest BCUT2D eigenvalue weighted by Crippen LogP contribution is 2.13. The predicted molar refractivity (Wildman–Crippen MR) is 95.9 cm³/mol. The zero-order chi connectivity index (χ0) is 16.5. The maximum absolute atomic E-state index is 5.34. The lowest BCUT2D eigenvalue weighted by molar-refractivity contribution is 0.507. The van der Waals surface area contributed by atoms with E-state index in [0.717, 1.165) is 41.7 Å². The molecule has 0 bridgehead atoms. The molecule has 2 aromatic rings. The Labute approximate surface area is 141 Å². The van der Waals surface area contributed by atoms with Gasteiger partial charge in [0.1, 0.15) is 10.8 Å². The summed E-state index contributed by atoms with van der Waals surface area (Å²) < 4.78 is 5.34. The van der Waals surface area contributed by atoms with Gasteiger partial charge < -0.3 is 15.1 Å². The lowest BCUT2D eigenvalue weighted by Crippen LogP contribution is -2.39. The number of rotatable bonds is 8. The van der Waals surface area contributed by atoms with Gasteiger partial charge in [-0.1, -0.05) is 19.1 Å². The van der Waals surface area contributed by atoms with E-state index in [-0.39, 0.29) is 0 Å². The third-order valence-electron chi connectivity index (χ3n) is 3.12. The van der Waals surface area contributed by atoms with Crippen LogP contribution in [0.5, 0.6) is 0 Å². The van der Waals surface area contributed by atoms with Gasteiger partial charge in [-0.25, -0.2) is 9.98 Å². The first-order valence-corrected chi connectivity index (χ1v) is 8.61. The zero-order valence-electron chi connectivity index (χ0n) is 13.8. The van der Waals surface area contributed by atoms with Gasteiger partial charge in [-0.15, -0.1) is 11.3 Å². The van der Waals surface area contributed by atoms with E-state index < -0.39 is 0 Å². The standard InChI is InChI=1S/C17H24N4OS/c1-4-15-11-19-16(23-15)12-21-17(20-10-13(2)3)18-8-7-14-6-5-9-22-14/h5-6,9,11H,2,4,7-8,10,12H2,1,3H3,(H2,18,20,21). The second-order valence-electron chi connectivity index (χ2n) is 5.31. The van der Waals surface area contributed by atoms with Crippen LogP contribution < -0.4 is 10.6 Å². The van der Waals surface area contributed by atoms with Crippen LogP contribution in [0.1, 0.15) is 29.5 Å². The fourth-order valence-electron chi connectivity index (χ4n) is 1.90. The zero-order valence-corrected chi connectivity index (χ0v) is 14.6. The van der Waals surface area contributed by atoms with E-state index in [1.807, 2.05) is 25.3 Å². The van der Waals surface area contributed by atoms with Crippen LogP contribution in [0, 0.1) is 0 Å². The van der Waals surface area contributed by atoms with E-state index in [1.165, 1.54) is 4.88 Å². The molecule has 0 unspecified atom stereocenters. The van der Waals surface area contributed by atoms with Crippen LogP contribution >= 0.6 is 11.3 Å². The Morgan fingerprint density at radius 1 is 1.43 bits per heavy atom. The average Bonchev–Trinajstić information content (AvgIpc) is 3.20. The van der Waals surface area contributed by atoms with E-state index in [4.69, 9.17) is 4.42 Å². The molecule has 6 heteroatoms. The number of guanidine groups is 1. The maximum atomic E-state index is 5.34. The van der Waals surface area contributed by atoms with Crippen LogP contribution in [0.2, 0.25) is 0 Å². The summed E-state index contributed by atoms with van der Waals surface area (Å²) in [7, 11) is 0. The van der Waals surface area contributed by atoms with Crippen molar-refractivity contribution in [2.24, 2.45) is 4.99 Å². The number of hydrogen-bond acceptors (Lipinski definition) is 4. The number of thiazole rings is 1. The summed E-state index contributed by atoms with van der Waals surface area (Å²) in [5, 5.41) is 7.63. The molecule has 0 aromatic carbocycles. The Morgan fingerprint density at radius 2 is 2.30 bits per heavy atom. The number of hydrogen-bond donors (Lipinski definition) is 2. The fourth-order valence-corrected chi connectivity index (χ4v) is 2.69. The fraction of sp³-hybridized carbons (Fsp3) is 0.412. The van der Waals surface area contributed by atoms with Crippen molar-refractivity contribution >= 4 is 17.3 Å². The lowest BCUT2D eigenvalue weighted by Gasteiger charge is -2.11. The van der Waals surface area contributed by atoms with E-state index >= 15 is 0 Å². The average molecular weight is 332 g/mol. The van der Waals surface area contributed by atoms with Crippen molar-refractivity contribution < 1.29 is 4.42 Å². The number of furan rings is 1. The number of nitrogens with zero attached hydrogens (tertiary/aromatic N) is 2. The molecule has 0 fully saturated rings. The van der Waals surface area contributed by atoms with Crippen molar-refractivity contribution in [3.63, 3.8) is 0 Å². The maximum Gasteiger partial charge on any atom is 0.191 e. The van der Waals surface area contributed by atoms with Gasteiger partial charge in [0.15, 0.2) is 5.96 Å². The van der Waals surface area contributed by atoms with E-state index in [0.29, 0.717) is 13.1 Å².